The number of allylic oxidation sites excluding steroid dienone is 1. The van der Waals surface area contributed by atoms with E-state index in [9.17, 15) is 23.2 Å². The van der Waals surface area contributed by atoms with Crippen molar-refractivity contribution in [2.45, 2.75) is 70.1 Å². The Hall–Kier alpha value is -2.95. The zero-order chi connectivity index (χ0) is 32.1. The highest BCUT2D eigenvalue weighted by molar-refractivity contribution is 7.18. The van der Waals surface area contributed by atoms with Crippen LogP contribution in [0.25, 0.3) is 10.2 Å². The lowest BCUT2D eigenvalue weighted by atomic mass is 9.70. The topological polar surface area (TPSA) is 100 Å². The molecule has 9 nitrogen and oxygen atoms in total. The number of aromatic nitrogens is 2. The lowest BCUT2D eigenvalue weighted by Gasteiger charge is -2.44. The van der Waals surface area contributed by atoms with Crippen molar-refractivity contribution in [3.05, 3.63) is 29.0 Å². The molecular formula is C33H43F3N8OS. The largest absolute Gasteiger partial charge is 0.393 e. The standard InChI is InChI=1S/C33H43F3N8OS/c1-21-22(2-3-28-26(21)12-24(16-37)44(28)11-10-43-9-6-32(19-43)15-29(45)38-18-32)17-42-7-4-23(5-8-42)41-30-27-13-25(14-33(34,35)36)46-31(27)40-20-39-30/h12-13,20-23,26,28H,2-11,14-15,17-19H2,1H3,(H,38,45)(H,39,40,41). The van der Waals surface area contributed by atoms with Crippen LogP contribution >= 0.6 is 11.3 Å². The molecule has 5 unspecified atom stereocenters. The average Bonchev–Trinajstić information content (AvgIpc) is 3.79. The number of carbonyl (C=O) groups excluding carboxylic acids is 1. The van der Waals surface area contributed by atoms with Gasteiger partial charge < -0.3 is 25.3 Å². The van der Waals surface area contributed by atoms with E-state index in [2.05, 4.69) is 54.4 Å². The van der Waals surface area contributed by atoms with Crippen LogP contribution in [-0.2, 0) is 11.2 Å². The Balaban J connectivity index is 0.898. The van der Waals surface area contributed by atoms with Gasteiger partial charge in [-0.15, -0.1) is 11.3 Å². The summed E-state index contributed by atoms with van der Waals surface area (Å²) in [5.41, 5.74) is 0.933. The zero-order valence-electron chi connectivity index (χ0n) is 26.4. The number of hydrogen-bond acceptors (Lipinski definition) is 9. The number of thiophene rings is 1. The lowest BCUT2D eigenvalue weighted by Crippen LogP contribution is -2.48. The Kier molecular flexibility index (Phi) is 8.65. The third kappa shape index (κ3) is 6.58. The SMILES string of the molecule is CC1C(CN2CCC(Nc3ncnc4sc(CC(F)(F)F)cc34)CC2)CCC2C1C=C(C#N)N2CCN1CCC2(CNC(=O)C2)C1. The summed E-state index contributed by atoms with van der Waals surface area (Å²) in [6.45, 7) is 9.93. The van der Waals surface area contributed by atoms with Gasteiger partial charge in [-0.2, -0.15) is 18.4 Å². The first kappa shape index (κ1) is 31.6. The molecule has 1 amide bonds. The van der Waals surface area contributed by atoms with E-state index in [0.717, 1.165) is 101 Å². The first-order valence-electron chi connectivity index (χ1n) is 16.7. The van der Waals surface area contributed by atoms with Gasteiger partial charge in [-0.25, -0.2) is 9.97 Å². The van der Waals surface area contributed by atoms with Crippen molar-refractivity contribution in [1.82, 2.24) is 30.0 Å². The van der Waals surface area contributed by atoms with Gasteiger partial charge in [0.1, 0.15) is 28.7 Å². The first-order chi connectivity index (χ1) is 22.1. The fourth-order valence-electron chi connectivity index (χ4n) is 8.83. The van der Waals surface area contributed by atoms with Crippen molar-refractivity contribution in [3.63, 3.8) is 0 Å². The molecule has 0 bridgehead atoms. The number of anilines is 1. The molecule has 1 saturated carbocycles. The maximum atomic E-state index is 12.9. The van der Waals surface area contributed by atoms with Gasteiger partial charge in [0.05, 0.1) is 11.8 Å². The molecular weight excluding hydrogens is 613 g/mol. The highest BCUT2D eigenvalue weighted by Gasteiger charge is 2.46. The molecule has 1 aliphatic carbocycles. The number of likely N-dealkylation sites (tertiary alicyclic amines) is 2. The maximum Gasteiger partial charge on any atom is 0.393 e. The molecule has 4 aliphatic heterocycles. The predicted molar refractivity (Wildman–Crippen MR) is 171 cm³/mol. The molecule has 1 spiro atoms. The Morgan fingerprint density at radius 2 is 1.98 bits per heavy atom. The quantitative estimate of drug-likeness (QED) is 0.424. The number of rotatable bonds is 8. The minimum atomic E-state index is -4.24. The molecule has 0 aromatic carbocycles. The van der Waals surface area contributed by atoms with E-state index in [0.29, 0.717) is 46.3 Å². The molecule has 13 heteroatoms. The van der Waals surface area contributed by atoms with Gasteiger partial charge in [0.15, 0.2) is 0 Å². The second kappa shape index (κ2) is 12.6. The van der Waals surface area contributed by atoms with E-state index in [1.165, 1.54) is 6.33 Å². The van der Waals surface area contributed by atoms with Crippen LogP contribution in [0.5, 0.6) is 0 Å². The van der Waals surface area contributed by atoms with Crippen LogP contribution in [0.3, 0.4) is 0 Å². The Morgan fingerprint density at radius 1 is 1.15 bits per heavy atom. The summed E-state index contributed by atoms with van der Waals surface area (Å²) < 4.78 is 38.8. The number of nitriles is 1. The molecule has 3 saturated heterocycles. The number of halogens is 3. The summed E-state index contributed by atoms with van der Waals surface area (Å²) in [5.74, 6) is 2.26. The highest BCUT2D eigenvalue weighted by Crippen LogP contribution is 2.44. The number of fused-ring (bicyclic) bond motifs is 2. The second-order valence-corrected chi connectivity index (χ2v) is 15.5. The third-order valence-corrected chi connectivity index (χ3v) is 12.4. The molecule has 6 heterocycles. The number of hydrogen-bond donors (Lipinski definition) is 2. The fourth-order valence-corrected chi connectivity index (χ4v) is 9.86. The minimum Gasteiger partial charge on any atom is -0.367 e. The second-order valence-electron chi connectivity index (χ2n) is 14.3. The summed E-state index contributed by atoms with van der Waals surface area (Å²) in [5, 5.41) is 17.2. The van der Waals surface area contributed by atoms with Gasteiger partial charge in [-0.05, 0) is 62.6 Å². The summed E-state index contributed by atoms with van der Waals surface area (Å²) in [4.78, 5) is 28.7. The van der Waals surface area contributed by atoms with Gasteiger partial charge in [-0.3, -0.25) is 4.79 Å². The van der Waals surface area contributed by atoms with Crippen LogP contribution in [0, 0.1) is 34.5 Å². The summed E-state index contributed by atoms with van der Waals surface area (Å²) in [6, 6.07) is 4.69. The van der Waals surface area contributed by atoms with E-state index < -0.39 is 12.6 Å². The molecule has 2 aromatic rings. The molecule has 7 rings (SSSR count). The van der Waals surface area contributed by atoms with Crippen LogP contribution in [0.2, 0.25) is 0 Å². The zero-order valence-corrected chi connectivity index (χ0v) is 27.2. The number of alkyl halides is 3. The summed E-state index contributed by atoms with van der Waals surface area (Å²) in [6.07, 6.45) is 4.35. The molecule has 0 radical (unpaired) electrons. The van der Waals surface area contributed by atoms with Crippen molar-refractivity contribution in [3.8, 4) is 6.07 Å². The van der Waals surface area contributed by atoms with Crippen molar-refractivity contribution in [2.75, 3.05) is 57.7 Å². The van der Waals surface area contributed by atoms with Crippen molar-refractivity contribution < 1.29 is 18.0 Å². The van der Waals surface area contributed by atoms with E-state index in [4.69, 9.17) is 0 Å². The summed E-state index contributed by atoms with van der Waals surface area (Å²) >= 11 is 1.08. The molecule has 248 valence electrons. The molecule has 46 heavy (non-hydrogen) atoms. The van der Waals surface area contributed by atoms with Crippen LogP contribution in [0.15, 0.2) is 24.2 Å². The van der Waals surface area contributed by atoms with E-state index in [-0.39, 0.29) is 22.2 Å². The smallest absolute Gasteiger partial charge is 0.367 e. The van der Waals surface area contributed by atoms with Crippen LogP contribution in [-0.4, -0.2) is 101 Å². The van der Waals surface area contributed by atoms with Crippen LogP contribution < -0.4 is 10.6 Å². The number of nitrogens with one attached hydrogen (secondary N) is 2. The minimum absolute atomic E-state index is 0.103. The number of carbonyl (C=O) groups is 1. The third-order valence-electron chi connectivity index (χ3n) is 11.3. The van der Waals surface area contributed by atoms with Crippen LogP contribution in [0.1, 0.15) is 50.3 Å². The van der Waals surface area contributed by atoms with Gasteiger partial charge in [0, 0.05) is 80.5 Å². The highest BCUT2D eigenvalue weighted by atomic mass is 32.1. The van der Waals surface area contributed by atoms with Gasteiger partial charge >= 0.3 is 6.18 Å². The Morgan fingerprint density at radius 3 is 2.72 bits per heavy atom. The molecule has 2 aromatic heterocycles. The fraction of sp³-hybridized carbons (Fsp3) is 0.697. The Bertz CT molecular complexity index is 1510. The van der Waals surface area contributed by atoms with Gasteiger partial charge in [0.2, 0.25) is 5.91 Å². The lowest BCUT2D eigenvalue weighted by molar-refractivity contribution is -0.126. The molecule has 2 N–H and O–H groups in total. The maximum absolute atomic E-state index is 12.9. The Labute approximate surface area is 272 Å². The molecule has 5 aliphatic rings. The van der Waals surface area contributed by atoms with Crippen molar-refractivity contribution in [1.29, 1.82) is 5.26 Å². The van der Waals surface area contributed by atoms with Crippen molar-refractivity contribution in [2.24, 2.45) is 23.2 Å². The van der Waals surface area contributed by atoms with E-state index >= 15 is 0 Å². The molecule has 4 fully saturated rings. The van der Waals surface area contributed by atoms with Crippen molar-refractivity contribution >= 4 is 33.3 Å². The van der Waals surface area contributed by atoms with Crippen LogP contribution in [0.4, 0.5) is 19.0 Å². The first-order valence-corrected chi connectivity index (χ1v) is 17.6. The van der Waals surface area contributed by atoms with E-state index in [1.807, 2.05) is 0 Å². The normalized spacial score (nSPS) is 31.0. The van der Waals surface area contributed by atoms with Gasteiger partial charge in [0.25, 0.3) is 0 Å². The number of piperidine rings is 1. The molecule has 5 atom stereocenters. The van der Waals surface area contributed by atoms with Gasteiger partial charge in [-0.1, -0.05) is 6.92 Å². The monoisotopic (exact) mass is 656 g/mol. The summed E-state index contributed by atoms with van der Waals surface area (Å²) in [7, 11) is 0. The predicted octanol–water partition coefficient (Wildman–Crippen LogP) is 4.64. The number of amides is 1. The number of nitrogens with zero attached hydrogens (tertiary/aromatic N) is 6. The average molecular weight is 657 g/mol. The van der Waals surface area contributed by atoms with E-state index in [1.54, 1.807) is 6.07 Å².